The fraction of sp³-hybridized carbons (Fsp3) is 0.200. The molecule has 0 unspecified atom stereocenters. The number of amides is 1. The van der Waals surface area contributed by atoms with E-state index < -0.39 is 10.0 Å². The zero-order chi connectivity index (χ0) is 23.7. The fourth-order valence-electron chi connectivity index (χ4n) is 4.04. The van der Waals surface area contributed by atoms with Crippen molar-refractivity contribution in [2.45, 2.75) is 20.0 Å². The molecule has 0 bridgehead atoms. The number of nitrogens with zero attached hydrogens (tertiary/aromatic N) is 3. The highest BCUT2D eigenvalue weighted by Gasteiger charge is 2.28. The molecule has 34 heavy (non-hydrogen) atoms. The first kappa shape index (κ1) is 22.0. The number of nitrogens with one attached hydrogen (secondary N) is 1. The summed E-state index contributed by atoms with van der Waals surface area (Å²) >= 11 is 0. The predicted molar refractivity (Wildman–Crippen MR) is 131 cm³/mol. The van der Waals surface area contributed by atoms with Gasteiger partial charge in [0.05, 0.1) is 22.7 Å². The summed E-state index contributed by atoms with van der Waals surface area (Å²) in [6.45, 7) is 2.71. The standard InChI is InChI=1S/C25H24N4O4S/c1-18-6-4-13-28-16-20(26-24(18)28)17-33-23-8-3-2-7-22(23)25(30)27-19-9-11-21(12-10-19)29-14-5-15-34(29,31)32/h2-4,6-13,16H,5,14-15,17H2,1H3,(H,27,30). The summed E-state index contributed by atoms with van der Waals surface area (Å²) in [5.74, 6) is 0.299. The van der Waals surface area contributed by atoms with Gasteiger partial charge in [-0.3, -0.25) is 9.10 Å². The van der Waals surface area contributed by atoms with Crippen molar-refractivity contribution in [2.24, 2.45) is 0 Å². The number of benzene rings is 2. The van der Waals surface area contributed by atoms with Gasteiger partial charge in [-0.1, -0.05) is 18.2 Å². The highest BCUT2D eigenvalue weighted by Crippen LogP contribution is 2.26. The van der Waals surface area contributed by atoms with Gasteiger partial charge >= 0.3 is 0 Å². The molecule has 2 aromatic carbocycles. The number of hydrogen-bond donors (Lipinski definition) is 1. The Balaban J connectivity index is 1.29. The number of ether oxygens (including phenoxy) is 1. The second-order valence-electron chi connectivity index (χ2n) is 8.18. The topological polar surface area (TPSA) is 93.0 Å². The second kappa shape index (κ2) is 8.83. The fourth-order valence-corrected chi connectivity index (χ4v) is 5.61. The first-order valence-electron chi connectivity index (χ1n) is 11.0. The summed E-state index contributed by atoms with van der Waals surface area (Å²) < 4.78 is 33.5. The Morgan fingerprint density at radius 1 is 1.09 bits per heavy atom. The lowest BCUT2D eigenvalue weighted by Gasteiger charge is -2.17. The van der Waals surface area contributed by atoms with Crippen LogP contribution in [0.5, 0.6) is 5.75 Å². The first-order valence-corrected chi connectivity index (χ1v) is 12.6. The van der Waals surface area contributed by atoms with Crippen LogP contribution in [-0.2, 0) is 16.6 Å². The van der Waals surface area contributed by atoms with Crippen molar-refractivity contribution in [3.8, 4) is 5.75 Å². The van der Waals surface area contributed by atoms with E-state index in [4.69, 9.17) is 4.74 Å². The average Bonchev–Trinajstić information content (AvgIpc) is 3.41. The maximum Gasteiger partial charge on any atom is 0.259 e. The molecule has 1 aliphatic rings. The molecule has 1 saturated heterocycles. The van der Waals surface area contributed by atoms with Crippen molar-refractivity contribution in [1.29, 1.82) is 0 Å². The normalized spacial score (nSPS) is 14.9. The highest BCUT2D eigenvalue weighted by molar-refractivity contribution is 7.93. The molecule has 5 rings (SSSR count). The van der Waals surface area contributed by atoms with Gasteiger partial charge in [-0.25, -0.2) is 13.4 Å². The number of carbonyl (C=O) groups excluding carboxylic acids is 1. The van der Waals surface area contributed by atoms with Crippen LogP contribution in [0, 0.1) is 6.92 Å². The van der Waals surface area contributed by atoms with Crippen molar-refractivity contribution < 1.29 is 17.9 Å². The van der Waals surface area contributed by atoms with Gasteiger partial charge in [-0.05, 0) is 61.4 Å². The smallest absolute Gasteiger partial charge is 0.259 e. The molecule has 4 aromatic rings. The van der Waals surface area contributed by atoms with Crippen LogP contribution in [0.1, 0.15) is 28.0 Å². The lowest BCUT2D eigenvalue weighted by molar-refractivity contribution is 0.102. The molecular formula is C25H24N4O4S. The van der Waals surface area contributed by atoms with Gasteiger partial charge in [-0.15, -0.1) is 0 Å². The van der Waals surface area contributed by atoms with Gasteiger partial charge in [0.15, 0.2) is 0 Å². The monoisotopic (exact) mass is 476 g/mol. The van der Waals surface area contributed by atoms with Crippen LogP contribution >= 0.6 is 0 Å². The molecule has 9 heteroatoms. The Morgan fingerprint density at radius 2 is 1.88 bits per heavy atom. The number of carbonyl (C=O) groups is 1. The second-order valence-corrected chi connectivity index (χ2v) is 10.2. The summed E-state index contributed by atoms with van der Waals surface area (Å²) in [6, 6.07) is 17.8. The van der Waals surface area contributed by atoms with Gasteiger partial charge in [0.1, 0.15) is 18.0 Å². The number of imidazole rings is 1. The number of aryl methyl sites for hydroxylation is 1. The van der Waals surface area contributed by atoms with E-state index in [1.54, 1.807) is 42.5 Å². The molecule has 0 spiro atoms. The van der Waals surface area contributed by atoms with E-state index >= 15 is 0 Å². The van der Waals surface area contributed by atoms with Gasteiger partial charge in [0, 0.05) is 24.6 Å². The molecule has 8 nitrogen and oxygen atoms in total. The first-order chi connectivity index (χ1) is 16.4. The summed E-state index contributed by atoms with van der Waals surface area (Å²) in [4.78, 5) is 17.6. The van der Waals surface area contributed by atoms with Gasteiger partial charge in [0.25, 0.3) is 5.91 Å². The molecule has 0 aliphatic carbocycles. The van der Waals surface area contributed by atoms with Gasteiger partial charge in [0.2, 0.25) is 10.0 Å². The predicted octanol–water partition coefficient (Wildman–Crippen LogP) is 4.01. The van der Waals surface area contributed by atoms with E-state index in [1.165, 1.54) is 4.31 Å². The molecule has 1 amide bonds. The van der Waals surface area contributed by atoms with E-state index in [0.29, 0.717) is 35.7 Å². The molecule has 1 fully saturated rings. The molecule has 1 N–H and O–H groups in total. The average molecular weight is 477 g/mol. The van der Waals surface area contributed by atoms with Crippen molar-refractivity contribution in [1.82, 2.24) is 9.38 Å². The van der Waals surface area contributed by atoms with Crippen LogP contribution in [0.2, 0.25) is 0 Å². The Bertz CT molecular complexity index is 1460. The molecular weight excluding hydrogens is 452 g/mol. The van der Waals surface area contributed by atoms with Crippen LogP contribution in [0.3, 0.4) is 0 Å². The Labute approximate surface area is 197 Å². The van der Waals surface area contributed by atoms with E-state index in [2.05, 4.69) is 10.3 Å². The number of hydrogen-bond acceptors (Lipinski definition) is 5. The zero-order valence-corrected chi connectivity index (χ0v) is 19.5. The van der Waals surface area contributed by atoms with Crippen LogP contribution in [-0.4, -0.2) is 36.0 Å². The van der Waals surface area contributed by atoms with Crippen molar-refractivity contribution >= 4 is 33.0 Å². The number of aromatic nitrogens is 2. The van der Waals surface area contributed by atoms with Crippen molar-refractivity contribution in [3.05, 3.63) is 89.9 Å². The van der Waals surface area contributed by atoms with Crippen LogP contribution in [0.4, 0.5) is 11.4 Å². The maximum absolute atomic E-state index is 13.0. The largest absolute Gasteiger partial charge is 0.486 e. The minimum atomic E-state index is -3.24. The summed E-state index contributed by atoms with van der Waals surface area (Å²) in [5, 5.41) is 2.86. The van der Waals surface area contributed by atoms with Crippen LogP contribution in [0.25, 0.3) is 5.65 Å². The molecule has 0 atom stereocenters. The molecule has 0 saturated carbocycles. The Morgan fingerprint density at radius 3 is 2.62 bits per heavy atom. The van der Waals surface area contributed by atoms with Crippen molar-refractivity contribution in [3.63, 3.8) is 0 Å². The van der Waals surface area contributed by atoms with E-state index in [9.17, 15) is 13.2 Å². The third kappa shape index (κ3) is 4.34. The van der Waals surface area contributed by atoms with Crippen LogP contribution < -0.4 is 14.4 Å². The lowest BCUT2D eigenvalue weighted by atomic mass is 10.1. The number of anilines is 2. The number of sulfonamides is 1. The Kier molecular flexibility index (Phi) is 5.70. The summed E-state index contributed by atoms with van der Waals surface area (Å²) in [6.07, 6.45) is 4.46. The quantitative estimate of drug-likeness (QED) is 0.454. The Hall–Kier alpha value is -3.85. The number of rotatable bonds is 6. The lowest BCUT2D eigenvalue weighted by Crippen LogP contribution is -2.25. The molecule has 2 aromatic heterocycles. The minimum Gasteiger partial charge on any atom is -0.486 e. The molecule has 3 heterocycles. The van der Waals surface area contributed by atoms with Crippen LogP contribution in [0.15, 0.2) is 73.1 Å². The highest BCUT2D eigenvalue weighted by atomic mass is 32.2. The summed E-state index contributed by atoms with van der Waals surface area (Å²) in [5.41, 5.74) is 4.27. The maximum atomic E-state index is 13.0. The third-order valence-electron chi connectivity index (χ3n) is 5.75. The minimum absolute atomic E-state index is 0.164. The number of para-hydroxylation sites is 1. The van der Waals surface area contributed by atoms with Gasteiger partial charge < -0.3 is 14.5 Å². The molecule has 0 radical (unpaired) electrons. The number of pyridine rings is 1. The zero-order valence-electron chi connectivity index (χ0n) is 18.6. The van der Waals surface area contributed by atoms with Gasteiger partial charge in [-0.2, -0.15) is 0 Å². The number of fused-ring (bicyclic) bond motifs is 1. The van der Waals surface area contributed by atoms with E-state index in [-0.39, 0.29) is 18.3 Å². The molecule has 1 aliphatic heterocycles. The van der Waals surface area contributed by atoms with E-state index in [0.717, 1.165) is 16.9 Å². The molecule has 174 valence electrons. The summed E-state index contributed by atoms with van der Waals surface area (Å²) in [7, 11) is -3.24. The van der Waals surface area contributed by atoms with Crippen molar-refractivity contribution in [2.75, 3.05) is 21.9 Å². The van der Waals surface area contributed by atoms with E-state index in [1.807, 2.05) is 41.9 Å². The third-order valence-corrected chi connectivity index (χ3v) is 7.62. The SMILES string of the molecule is Cc1cccn2cc(COc3ccccc3C(=O)Nc3ccc(N4CCCS4(=O)=O)cc3)nc12.